The van der Waals surface area contributed by atoms with Crippen molar-refractivity contribution in [2.24, 2.45) is 0 Å². The van der Waals surface area contributed by atoms with E-state index in [0.717, 1.165) is 4.90 Å². The third kappa shape index (κ3) is 4.91. The van der Waals surface area contributed by atoms with Crippen LogP contribution in [0.2, 0.25) is 0 Å². The number of carboxylic acids is 1. The molecule has 4 nitrogen and oxygen atoms in total. The Balaban J connectivity index is 2.43. The molecule has 0 aliphatic carbocycles. The molecule has 1 rings (SSSR count). The third-order valence-corrected chi connectivity index (χ3v) is 2.80. The molecule has 0 spiro atoms. The van der Waals surface area contributed by atoms with E-state index in [1.807, 2.05) is 12.3 Å². The number of benzene rings is 1. The van der Waals surface area contributed by atoms with Gasteiger partial charge in [-0.3, -0.25) is 4.79 Å². The van der Waals surface area contributed by atoms with Crippen LogP contribution in [0.25, 0.3) is 0 Å². The second-order valence-corrected chi connectivity index (χ2v) is 4.24. The maximum atomic E-state index is 11.6. The smallest absolute Gasteiger partial charge is 0.338 e. The number of rotatable bonds is 6. The minimum absolute atomic E-state index is 0.0120. The first-order valence-corrected chi connectivity index (χ1v) is 6.39. The fourth-order valence-corrected chi connectivity index (χ4v) is 1.68. The fourth-order valence-electron chi connectivity index (χ4n) is 1.22. The summed E-state index contributed by atoms with van der Waals surface area (Å²) in [6.07, 6.45) is 2.28. The summed E-state index contributed by atoms with van der Waals surface area (Å²) in [7, 11) is 0. The fraction of sp³-hybridized carbons (Fsp3) is 0.333. The molecular formula is C12H14O4S. The third-order valence-electron chi connectivity index (χ3n) is 2.07. The van der Waals surface area contributed by atoms with Gasteiger partial charge in [0.2, 0.25) is 0 Å². The largest absolute Gasteiger partial charge is 0.481 e. The zero-order valence-electron chi connectivity index (χ0n) is 9.51. The molecule has 0 radical (unpaired) electrons. The Morgan fingerprint density at radius 3 is 2.82 bits per heavy atom. The first-order chi connectivity index (χ1) is 8.13. The Bertz CT molecular complexity index is 403. The number of ether oxygens (including phenoxy) is 1. The van der Waals surface area contributed by atoms with Gasteiger partial charge in [0.25, 0.3) is 0 Å². The molecule has 17 heavy (non-hydrogen) atoms. The highest BCUT2D eigenvalue weighted by Gasteiger charge is 2.07. The maximum Gasteiger partial charge on any atom is 0.338 e. The highest BCUT2D eigenvalue weighted by Crippen LogP contribution is 2.16. The molecule has 0 saturated carbocycles. The number of carbonyl (C=O) groups is 2. The number of thioether (sulfide) groups is 1. The van der Waals surface area contributed by atoms with Crippen LogP contribution in [-0.4, -0.2) is 29.9 Å². The normalized spacial score (nSPS) is 9.94. The Morgan fingerprint density at radius 2 is 2.18 bits per heavy atom. The summed E-state index contributed by atoms with van der Waals surface area (Å²) >= 11 is 1.55. The van der Waals surface area contributed by atoms with Crippen molar-refractivity contribution >= 4 is 23.7 Å². The van der Waals surface area contributed by atoms with Crippen LogP contribution in [0.15, 0.2) is 29.2 Å². The predicted molar refractivity (Wildman–Crippen MR) is 65.4 cm³/mol. The molecule has 92 valence electrons. The molecule has 0 saturated heterocycles. The summed E-state index contributed by atoms with van der Waals surface area (Å²) < 4.78 is 4.97. The van der Waals surface area contributed by atoms with Crippen LogP contribution in [0.5, 0.6) is 0 Å². The van der Waals surface area contributed by atoms with Crippen molar-refractivity contribution in [3.63, 3.8) is 0 Å². The van der Waals surface area contributed by atoms with Crippen molar-refractivity contribution in [3.05, 3.63) is 29.8 Å². The summed E-state index contributed by atoms with van der Waals surface area (Å²) in [6.45, 7) is 0.134. The van der Waals surface area contributed by atoms with E-state index in [-0.39, 0.29) is 13.0 Å². The molecule has 0 heterocycles. The molecule has 0 amide bonds. The lowest BCUT2D eigenvalue weighted by molar-refractivity contribution is -0.137. The van der Waals surface area contributed by atoms with E-state index in [0.29, 0.717) is 12.0 Å². The van der Waals surface area contributed by atoms with E-state index in [1.165, 1.54) is 0 Å². The number of esters is 1. The Kier molecular flexibility index (Phi) is 5.56. The van der Waals surface area contributed by atoms with E-state index < -0.39 is 11.9 Å². The first kappa shape index (κ1) is 13.6. The number of hydrogen-bond acceptors (Lipinski definition) is 4. The molecular weight excluding hydrogens is 240 g/mol. The lowest BCUT2D eigenvalue weighted by Gasteiger charge is -2.04. The molecule has 0 bridgehead atoms. The SMILES string of the molecule is CSc1cccc(C(=O)OCCCC(=O)O)c1. The van der Waals surface area contributed by atoms with Gasteiger partial charge in [-0.25, -0.2) is 4.79 Å². The van der Waals surface area contributed by atoms with E-state index >= 15 is 0 Å². The van der Waals surface area contributed by atoms with E-state index in [1.54, 1.807) is 30.0 Å². The average Bonchev–Trinajstić information content (AvgIpc) is 2.34. The van der Waals surface area contributed by atoms with Crippen LogP contribution in [0.1, 0.15) is 23.2 Å². The molecule has 5 heteroatoms. The lowest BCUT2D eigenvalue weighted by Crippen LogP contribution is -2.07. The van der Waals surface area contributed by atoms with Crippen LogP contribution in [-0.2, 0) is 9.53 Å². The van der Waals surface area contributed by atoms with Gasteiger partial charge in [0.05, 0.1) is 12.2 Å². The van der Waals surface area contributed by atoms with Gasteiger partial charge in [-0.05, 0) is 30.9 Å². The van der Waals surface area contributed by atoms with E-state index in [2.05, 4.69) is 0 Å². The topological polar surface area (TPSA) is 63.6 Å². The van der Waals surface area contributed by atoms with Gasteiger partial charge in [-0.15, -0.1) is 11.8 Å². The summed E-state index contributed by atoms with van der Waals surface area (Å²) in [5, 5.41) is 8.42. The Labute approximate surface area is 104 Å². The second-order valence-electron chi connectivity index (χ2n) is 3.37. The number of aliphatic carboxylic acids is 1. The molecule has 0 aromatic heterocycles. The molecule has 0 aliphatic rings. The summed E-state index contributed by atoms with van der Waals surface area (Å²) in [4.78, 5) is 22.8. The Morgan fingerprint density at radius 1 is 1.41 bits per heavy atom. The van der Waals surface area contributed by atoms with Crippen molar-refractivity contribution in [1.29, 1.82) is 0 Å². The lowest BCUT2D eigenvalue weighted by atomic mass is 10.2. The average molecular weight is 254 g/mol. The summed E-state index contributed by atoms with van der Waals surface area (Å²) in [5.41, 5.74) is 0.493. The molecule has 0 fully saturated rings. The molecule has 1 aromatic carbocycles. The van der Waals surface area contributed by atoms with E-state index in [9.17, 15) is 9.59 Å². The van der Waals surface area contributed by atoms with Gasteiger partial charge in [0, 0.05) is 11.3 Å². The summed E-state index contributed by atoms with van der Waals surface area (Å²) in [5.74, 6) is -1.29. The second kappa shape index (κ2) is 6.96. The predicted octanol–water partition coefficient (Wildman–Crippen LogP) is 2.43. The van der Waals surface area contributed by atoms with Crippen LogP contribution in [0, 0.1) is 0 Å². The highest BCUT2D eigenvalue weighted by molar-refractivity contribution is 7.98. The quantitative estimate of drug-likeness (QED) is 0.480. The van der Waals surface area contributed by atoms with Crippen molar-refractivity contribution in [3.8, 4) is 0 Å². The van der Waals surface area contributed by atoms with Crippen molar-refractivity contribution < 1.29 is 19.4 Å². The molecule has 1 aromatic rings. The maximum absolute atomic E-state index is 11.6. The molecule has 0 aliphatic heterocycles. The van der Waals surface area contributed by atoms with Gasteiger partial charge < -0.3 is 9.84 Å². The van der Waals surface area contributed by atoms with Gasteiger partial charge in [0.1, 0.15) is 0 Å². The van der Waals surface area contributed by atoms with Crippen molar-refractivity contribution in [2.75, 3.05) is 12.9 Å². The minimum atomic E-state index is -0.884. The van der Waals surface area contributed by atoms with Crippen LogP contribution >= 0.6 is 11.8 Å². The van der Waals surface area contributed by atoms with Gasteiger partial charge in [-0.1, -0.05) is 6.07 Å². The van der Waals surface area contributed by atoms with Crippen molar-refractivity contribution in [2.45, 2.75) is 17.7 Å². The van der Waals surface area contributed by atoms with Gasteiger partial charge >= 0.3 is 11.9 Å². The monoisotopic (exact) mass is 254 g/mol. The van der Waals surface area contributed by atoms with Crippen LogP contribution in [0.3, 0.4) is 0 Å². The van der Waals surface area contributed by atoms with Crippen LogP contribution < -0.4 is 0 Å². The zero-order valence-corrected chi connectivity index (χ0v) is 10.3. The van der Waals surface area contributed by atoms with Crippen molar-refractivity contribution in [1.82, 2.24) is 0 Å². The first-order valence-electron chi connectivity index (χ1n) is 5.16. The minimum Gasteiger partial charge on any atom is -0.481 e. The number of carboxylic acid groups (broad SMARTS) is 1. The standard InChI is InChI=1S/C12H14O4S/c1-17-10-5-2-4-9(8-10)12(15)16-7-3-6-11(13)14/h2,4-5,8H,3,6-7H2,1H3,(H,13,14). The molecule has 0 atom stereocenters. The molecule has 1 N–H and O–H groups in total. The molecule has 0 unspecified atom stereocenters. The van der Waals surface area contributed by atoms with E-state index in [4.69, 9.17) is 9.84 Å². The van der Waals surface area contributed by atoms with Gasteiger partial charge in [0.15, 0.2) is 0 Å². The van der Waals surface area contributed by atoms with Gasteiger partial charge in [-0.2, -0.15) is 0 Å². The summed E-state index contributed by atoms with van der Waals surface area (Å²) in [6, 6.07) is 7.13. The van der Waals surface area contributed by atoms with Crippen LogP contribution in [0.4, 0.5) is 0 Å². The highest BCUT2D eigenvalue weighted by atomic mass is 32.2. The number of carbonyl (C=O) groups excluding carboxylic acids is 1. The number of hydrogen-bond donors (Lipinski definition) is 1. The zero-order chi connectivity index (χ0) is 12.7. The Hall–Kier alpha value is -1.49.